The summed E-state index contributed by atoms with van der Waals surface area (Å²) in [5, 5.41) is 29.3. The van der Waals surface area contributed by atoms with Crippen molar-refractivity contribution in [1.29, 1.82) is 0 Å². The molecule has 25 heteroatoms. The van der Waals surface area contributed by atoms with Gasteiger partial charge in [-0.25, -0.2) is 14.2 Å². The summed E-state index contributed by atoms with van der Waals surface area (Å²) in [5.41, 5.74) is 15.4. The lowest BCUT2D eigenvalue weighted by Crippen LogP contribution is -2.33. The smallest absolute Gasteiger partial charge is 0.364 e. The van der Waals surface area contributed by atoms with Crippen LogP contribution in [0, 0.1) is 24.0 Å². The molecule has 2 saturated heterocycles. The van der Waals surface area contributed by atoms with Gasteiger partial charge in [0.2, 0.25) is 0 Å². The Balaban J connectivity index is 1.38. The quantitative estimate of drug-likeness (QED) is 0.0406. The first-order valence-electron chi connectivity index (χ1n) is 15.2. The third kappa shape index (κ3) is 8.54. The second-order valence-corrected chi connectivity index (χ2v) is 13.2. The van der Waals surface area contributed by atoms with Crippen molar-refractivity contribution in [3.8, 4) is 0 Å². The van der Waals surface area contributed by atoms with Gasteiger partial charge < -0.3 is 14.6 Å². The summed E-state index contributed by atoms with van der Waals surface area (Å²) >= 11 is 0. The number of phosphoric ester groups is 1. The van der Waals surface area contributed by atoms with Gasteiger partial charge in [0.1, 0.15) is 12.5 Å². The molecule has 0 amide bonds. The molecule has 5 rings (SSSR count). The number of nitrogens with one attached hydrogen (secondary N) is 2. The highest BCUT2D eigenvalue weighted by molar-refractivity contribution is 7.48. The molecule has 2 aromatic heterocycles. The minimum absolute atomic E-state index is 0.0738. The minimum atomic E-state index is -4.94. The summed E-state index contributed by atoms with van der Waals surface area (Å²) < 4.78 is 44.5. The van der Waals surface area contributed by atoms with Crippen LogP contribution in [-0.2, 0) is 27.6 Å². The molecule has 276 valence electrons. The summed E-state index contributed by atoms with van der Waals surface area (Å²) in [5.74, 6) is 0. The standard InChI is InChI=1S/C27H30N11O13P/c1-13-9-36(26(42)30-23(13)39)21-7-17(32-34-28)19(49-21)11-47-52(46,51-25(41)15-3-5-16(6-4-15)38(44)45)48-12-20-18(33-35-29)8-22(50-20)37-10-14(2)24(40)31-27(37)43/h3-6,9-10,17-22,25,41H,7-8,11-12H2,1-2H3,(H,30,39,42)(H,31,40,43)/t17-,18-,19+,20+,21+,22+,25?/m0/s1. The van der Waals surface area contributed by atoms with E-state index in [4.69, 9.17) is 34.1 Å². The molecule has 1 unspecified atom stereocenters. The molecule has 2 aliphatic rings. The molecule has 52 heavy (non-hydrogen) atoms. The Kier molecular flexibility index (Phi) is 11.5. The van der Waals surface area contributed by atoms with Gasteiger partial charge in [0, 0.05) is 63.9 Å². The number of ether oxygens (including phenoxy) is 2. The Labute approximate surface area is 289 Å². The monoisotopic (exact) mass is 747 g/mol. The van der Waals surface area contributed by atoms with E-state index in [0.717, 1.165) is 33.4 Å². The fraction of sp³-hybridized carbons (Fsp3) is 0.481. The summed E-state index contributed by atoms with van der Waals surface area (Å²) in [6, 6.07) is 2.37. The van der Waals surface area contributed by atoms with E-state index in [1.807, 2.05) is 0 Å². The van der Waals surface area contributed by atoms with Crippen LogP contribution in [0.3, 0.4) is 0 Å². The number of non-ortho nitro benzene ring substituents is 1. The molecular formula is C27H30N11O13P. The van der Waals surface area contributed by atoms with Crippen molar-refractivity contribution in [2.24, 2.45) is 10.2 Å². The van der Waals surface area contributed by atoms with Gasteiger partial charge in [-0.1, -0.05) is 10.2 Å². The Morgan fingerprint density at radius 3 is 1.77 bits per heavy atom. The summed E-state index contributed by atoms with van der Waals surface area (Å²) in [7, 11) is -4.94. The van der Waals surface area contributed by atoms with E-state index < -0.39 is 91.5 Å². The highest BCUT2D eigenvalue weighted by Gasteiger charge is 2.42. The van der Waals surface area contributed by atoms with Crippen LogP contribution in [0.25, 0.3) is 20.9 Å². The number of nitro benzene ring substituents is 1. The zero-order valence-electron chi connectivity index (χ0n) is 27.2. The number of aliphatic hydroxyl groups excluding tert-OH is 1. The number of aromatic amines is 2. The lowest BCUT2D eigenvalue weighted by molar-refractivity contribution is -0.384. The maximum Gasteiger partial charge on any atom is 0.477 e. The molecule has 0 bridgehead atoms. The van der Waals surface area contributed by atoms with Crippen LogP contribution < -0.4 is 22.5 Å². The van der Waals surface area contributed by atoms with E-state index in [2.05, 4.69) is 30.0 Å². The fourth-order valence-corrected chi connectivity index (χ4v) is 6.64. The minimum Gasteiger partial charge on any atom is -0.364 e. The van der Waals surface area contributed by atoms with Crippen molar-refractivity contribution in [1.82, 2.24) is 19.1 Å². The van der Waals surface area contributed by atoms with E-state index in [1.54, 1.807) is 0 Å². The van der Waals surface area contributed by atoms with Crippen LogP contribution >= 0.6 is 7.82 Å². The zero-order chi connectivity index (χ0) is 37.7. The Bertz CT molecular complexity index is 2090. The third-order valence-electron chi connectivity index (χ3n) is 8.13. The number of hydrogen-bond acceptors (Lipinski definition) is 15. The normalized spacial score (nSPS) is 24.4. The van der Waals surface area contributed by atoms with Crippen LogP contribution in [-0.4, -0.2) is 66.6 Å². The summed E-state index contributed by atoms with van der Waals surface area (Å²) in [6.45, 7) is 1.56. The summed E-state index contributed by atoms with van der Waals surface area (Å²) in [4.78, 5) is 69.0. The number of aliphatic hydroxyl groups is 1. The van der Waals surface area contributed by atoms with Crippen molar-refractivity contribution in [2.75, 3.05) is 13.2 Å². The number of phosphoric acid groups is 1. The molecule has 2 aliphatic heterocycles. The molecule has 4 heterocycles. The second-order valence-electron chi connectivity index (χ2n) is 11.6. The van der Waals surface area contributed by atoms with Gasteiger partial charge in [0.15, 0.2) is 6.29 Å². The number of nitrogens with zero attached hydrogens (tertiary/aromatic N) is 9. The molecule has 0 radical (unpaired) electrons. The first-order valence-corrected chi connectivity index (χ1v) is 16.7. The van der Waals surface area contributed by atoms with E-state index in [-0.39, 0.29) is 35.2 Å². The number of azide groups is 2. The number of H-pyrrole nitrogens is 2. The molecule has 2 fully saturated rings. The fourth-order valence-electron chi connectivity index (χ4n) is 5.42. The number of aryl methyl sites for hydroxylation is 2. The van der Waals surface area contributed by atoms with E-state index in [0.29, 0.717) is 0 Å². The first kappa shape index (κ1) is 37.8. The predicted molar refractivity (Wildman–Crippen MR) is 174 cm³/mol. The van der Waals surface area contributed by atoms with Gasteiger partial charge in [-0.15, -0.1) is 0 Å². The predicted octanol–water partition coefficient (Wildman–Crippen LogP) is 2.39. The van der Waals surface area contributed by atoms with Gasteiger partial charge in [0.25, 0.3) is 16.8 Å². The third-order valence-corrected chi connectivity index (χ3v) is 9.52. The van der Waals surface area contributed by atoms with Crippen LogP contribution in [0.5, 0.6) is 0 Å². The van der Waals surface area contributed by atoms with E-state index >= 15 is 0 Å². The van der Waals surface area contributed by atoms with E-state index in [1.165, 1.54) is 26.2 Å². The molecule has 24 nitrogen and oxygen atoms in total. The molecule has 0 spiro atoms. The molecular weight excluding hydrogens is 717 g/mol. The van der Waals surface area contributed by atoms with Crippen LogP contribution in [0.4, 0.5) is 5.69 Å². The lowest BCUT2D eigenvalue weighted by atomic mass is 10.1. The molecule has 0 saturated carbocycles. The van der Waals surface area contributed by atoms with Crippen molar-refractivity contribution in [3.63, 3.8) is 0 Å². The maximum absolute atomic E-state index is 14.1. The Morgan fingerprint density at radius 1 is 0.923 bits per heavy atom. The second kappa shape index (κ2) is 15.9. The number of benzene rings is 1. The number of hydrogen-bond donors (Lipinski definition) is 3. The topological polar surface area (TPSA) is 334 Å². The zero-order valence-corrected chi connectivity index (χ0v) is 28.0. The number of nitro groups is 1. The van der Waals surface area contributed by atoms with E-state index in [9.17, 15) is 39.0 Å². The first-order chi connectivity index (χ1) is 24.7. The largest absolute Gasteiger partial charge is 0.477 e. The van der Waals surface area contributed by atoms with Gasteiger partial charge >= 0.3 is 19.2 Å². The van der Waals surface area contributed by atoms with Crippen LogP contribution in [0.1, 0.15) is 48.3 Å². The SMILES string of the molecule is Cc1cn([C@H]2C[C@H](N=[N+]=[N-])[C@@H](COP(=O)(OC[C@H]3O[C@@H](n4cc(C)c(=O)[nH]c4=O)C[C@@H]3N=[N+]=[N-])OC(O)c3ccc([N+](=O)[O-])cc3)O2)c(=O)[nH]c1=O. The van der Waals surface area contributed by atoms with Crippen LogP contribution in [0.2, 0.25) is 0 Å². The maximum atomic E-state index is 14.1. The number of aromatic nitrogens is 4. The molecule has 3 aromatic rings. The molecule has 1 aromatic carbocycles. The van der Waals surface area contributed by atoms with Crippen molar-refractivity contribution >= 4 is 13.5 Å². The van der Waals surface area contributed by atoms with Crippen molar-refractivity contribution < 1.29 is 37.6 Å². The molecule has 7 atom stereocenters. The van der Waals surface area contributed by atoms with Crippen LogP contribution in [0.15, 0.2) is 66.1 Å². The molecule has 0 aliphatic carbocycles. The average molecular weight is 748 g/mol. The lowest BCUT2D eigenvalue weighted by Gasteiger charge is -2.25. The Morgan fingerprint density at radius 2 is 1.37 bits per heavy atom. The van der Waals surface area contributed by atoms with Gasteiger partial charge in [-0.3, -0.25) is 52.4 Å². The van der Waals surface area contributed by atoms with Crippen molar-refractivity contribution in [3.05, 3.63) is 126 Å². The Hall–Kier alpha value is -5.41. The van der Waals surface area contributed by atoms with Gasteiger partial charge in [0.05, 0.1) is 42.4 Å². The van der Waals surface area contributed by atoms with Crippen molar-refractivity contribution in [2.45, 2.75) is 69.7 Å². The molecule has 3 N–H and O–H groups in total. The highest BCUT2D eigenvalue weighted by atomic mass is 31.2. The van der Waals surface area contributed by atoms with Gasteiger partial charge in [-0.05, 0) is 37.0 Å². The average Bonchev–Trinajstić information content (AvgIpc) is 3.70. The highest BCUT2D eigenvalue weighted by Crippen LogP contribution is 2.54. The summed E-state index contributed by atoms with van der Waals surface area (Å²) in [6.07, 6.45) is -4.20. The number of rotatable bonds is 14. The van der Waals surface area contributed by atoms with Gasteiger partial charge in [-0.2, -0.15) is 0 Å².